The first-order valence-electron chi connectivity index (χ1n) is 10.6. The van der Waals surface area contributed by atoms with E-state index in [0.717, 1.165) is 5.56 Å². The number of nitro groups is 1. The number of non-ortho nitro benzene ring substituents is 1. The molecule has 0 aliphatic heterocycles. The topological polar surface area (TPSA) is 158 Å². The molecule has 0 atom stereocenters. The molecule has 36 heavy (non-hydrogen) atoms. The molecule has 12 heteroatoms. The Morgan fingerprint density at radius 3 is 2.39 bits per heavy atom. The lowest BCUT2D eigenvalue weighted by Crippen LogP contribution is -2.26. The first-order chi connectivity index (χ1) is 17.1. The van der Waals surface area contributed by atoms with Crippen LogP contribution in [0.5, 0.6) is 5.88 Å². The normalized spacial score (nSPS) is 12.0. The maximum absolute atomic E-state index is 12.8. The van der Waals surface area contributed by atoms with Crippen molar-refractivity contribution in [3.63, 3.8) is 0 Å². The zero-order valence-electron chi connectivity index (χ0n) is 19.2. The van der Waals surface area contributed by atoms with Crippen LogP contribution in [0.2, 0.25) is 0 Å². The lowest BCUT2D eigenvalue weighted by atomic mass is 10.1. The van der Waals surface area contributed by atoms with Gasteiger partial charge in [0.1, 0.15) is 0 Å². The van der Waals surface area contributed by atoms with Crippen molar-refractivity contribution < 1.29 is 23.2 Å². The van der Waals surface area contributed by atoms with E-state index in [0.29, 0.717) is 11.1 Å². The van der Waals surface area contributed by atoms with Crippen LogP contribution in [0.3, 0.4) is 0 Å². The molecule has 0 radical (unpaired) electrons. The fourth-order valence-corrected chi connectivity index (χ4v) is 4.66. The highest BCUT2D eigenvalue weighted by Crippen LogP contribution is 2.37. The summed E-state index contributed by atoms with van der Waals surface area (Å²) in [6.07, 6.45) is 0. The molecule has 1 aromatic heterocycles. The zero-order chi connectivity index (χ0) is 26.0. The fourth-order valence-electron chi connectivity index (χ4n) is 3.50. The molecule has 4 rings (SSSR count). The van der Waals surface area contributed by atoms with Crippen LogP contribution in [0.1, 0.15) is 21.5 Å². The molecule has 11 nitrogen and oxygen atoms in total. The summed E-state index contributed by atoms with van der Waals surface area (Å²) in [5.74, 6) is -1.09. The summed E-state index contributed by atoms with van der Waals surface area (Å²) in [5.41, 5.74) is 1.90. The smallest absolute Gasteiger partial charge is 0.295 e. The Balaban J connectivity index is 1.49. The number of fused-ring (bicyclic) bond motifs is 1. The van der Waals surface area contributed by atoms with Crippen LogP contribution < -0.4 is 0 Å². The SMILES string of the molecule is Cc1ccc(S(=O)(=O)N(C)Cc2ccc(C(=O)N=Nc3c(O)[nH]c4ccc([N+](=O)[O-])cc34)cc2)cc1. The van der Waals surface area contributed by atoms with Gasteiger partial charge in [0.15, 0.2) is 5.69 Å². The van der Waals surface area contributed by atoms with Gasteiger partial charge in [-0.2, -0.15) is 4.31 Å². The molecule has 4 aromatic rings. The molecular formula is C24H21N5O6S. The van der Waals surface area contributed by atoms with Crippen LogP contribution in [0.15, 0.2) is 81.9 Å². The first-order valence-corrected chi connectivity index (χ1v) is 12.1. The predicted molar refractivity (Wildman–Crippen MR) is 132 cm³/mol. The molecule has 3 aromatic carbocycles. The number of sulfonamides is 1. The van der Waals surface area contributed by atoms with E-state index in [9.17, 15) is 28.4 Å². The minimum atomic E-state index is -3.68. The molecule has 0 saturated carbocycles. The van der Waals surface area contributed by atoms with Gasteiger partial charge in [-0.3, -0.25) is 14.9 Å². The van der Waals surface area contributed by atoms with Gasteiger partial charge in [0, 0.05) is 36.7 Å². The maximum Gasteiger partial charge on any atom is 0.295 e. The quantitative estimate of drug-likeness (QED) is 0.207. The summed E-state index contributed by atoms with van der Waals surface area (Å²) in [4.78, 5) is 25.8. The highest BCUT2D eigenvalue weighted by Gasteiger charge is 2.21. The van der Waals surface area contributed by atoms with E-state index in [4.69, 9.17) is 0 Å². The molecule has 0 fully saturated rings. The molecule has 2 N–H and O–H groups in total. The van der Waals surface area contributed by atoms with Gasteiger partial charge >= 0.3 is 0 Å². The average Bonchev–Trinajstić information content (AvgIpc) is 3.17. The maximum atomic E-state index is 12.8. The minimum Gasteiger partial charge on any atom is -0.493 e. The number of hydrogen-bond acceptors (Lipinski definition) is 7. The van der Waals surface area contributed by atoms with Crippen LogP contribution in [0.25, 0.3) is 10.9 Å². The number of aromatic amines is 1. The van der Waals surface area contributed by atoms with Gasteiger partial charge in [-0.15, -0.1) is 10.2 Å². The Morgan fingerprint density at radius 1 is 1.08 bits per heavy atom. The summed E-state index contributed by atoms with van der Waals surface area (Å²) in [6, 6.07) is 16.7. The van der Waals surface area contributed by atoms with E-state index >= 15 is 0 Å². The van der Waals surface area contributed by atoms with E-state index in [-0.39, 0.29) is 39.6 Å². The molecule has 0 unspecified atom stereocenters. The monoisotopic (exact) mass is 507 g/mol. The third kappa shape index (κ3) is 4.99. The molecular weight excluding hydrogens is 486 g/mol. The average molecular weight is 508 g/mol. The van der Waals surface area contributed by atoms with Crippen molar-refractivity contribution in [1.82, 2.24) is 9.29 Å². The van der Waals surface area contributed by atoms with Crippen molar-refractivity contribution in [3.05, 3.63) is 93.5 Å². The minimum absolute atomic E-state index is 0.0915. The van der Waals surface area contributed by atoms with Crippen LogP contribution in [-0.4, -0.2) is 40.7 Å². The highest BCUT2D eigenvalue weighted by atomic mass is 32.2. The molecule has 184 valence electrons. The molecule has 1 amide bonds. The Labute approximate surface area is 205 Å². The Kier molecular flexibility index (Phi) is 6.64. The van der Waals surface area contributed by atoms with Crippen LogP contribution >= 0.6 is 0 Å². The summed E-state index contributed by atoms with van der Waals surface area (Å²) < 4.78 is 26.8. The van der Waals surface area contributed by atoms with Crippen molar-refractivity contribution >= 4 is 38.2 Å². The van der Waals surface area contributed by atoms with Gasteiger partial charge in [0.05, 0.1) is 15.3 Å². The Bertz CT molecular complexity index is 1590. The number of rotatable bonds is 7. The zero-order valence-corrected chi connectivity index (χ0v) is 20.1. The Morgan fingerprint density at radius 2 is 1.75 bits per heavy atom. The van der Waals surface area contributed by atoms with Crippen molar-refractivity contribution in [2.45, 2.75) is 18.4 Å². The second-order valence-corrected chi connectivity index (χ2v) is 10.1. The number of carbonyl (C=O) groups is 1. The number of azo groups is 1. The summed E-state index contributed by atoms with van der Waals surface area (Å²) in [6.45, 7) is 1.96. The third-order valence-corrected chi connectivity index (χ3v) is 7.34. The van der Waals surface area contributed by atoms with Gasteiger partial charge in [-0.25, -0.2) is 8.42 Å². The number of nitro benzene ring substituents is 1. The molecule has 0 aliphatic rings. The van der Waals surface area contributed by atoms with E-state index in [1.54, 1.807) is 36.4 Å². The van der Waals surface area contributed by atoms with Gasteiger partial charge in [-0.05, 0) is 42.8 Å². The fraction of sp³-hybridized carbons (Fsp3) is 0.125. The second kappa shape index (κ2) is 9.68. The van der Waals surface area contributed by atoms with Gasteiger partial charge in [0.25, 0.3) is 11.6 Å². The van der Waals surface area contributed by atoms with Crippen molar-refractivity contribution in [1.29, 1.82) is 0 Å². The van der Waals surface area contributed by atoms with E-state index < -0.39 is 20.9 Å². The largest absolute Gasteiger partial charge is 0.493 e. The van der Waals surface area contributed by atoms with E-state index in [1.807, 2.05) is 6.92 Å². The molecule has 0 aliphatic carbocycles. The number of amides is 1. The Hall–Kier alpha value is -4.42. The number of hydrogen-bond donors (Lipinski definition) is 2. The molecule has 0 bridgehead atoms. The summed E-state index contributed by atoms with van der Waals surface area (Å²) >= 11 is 0. The number of aryl methyl sites for hydroxylation is 1. The number of H-pyrrole nitrogens is 1. The van der Waals surface area contributed by atoms with E-state index in [1.165, 1.54) is 41.7 Å². The molecule has 0 saturated heterocycles. The second-order valence-electron chi connectivity index (χ2n) is 8.09. The standard InChI is InChI=1S/C24H21N5O6S/c1-15-3-10-19(11-4-15)36(34,35)28(2)14-16-5-7-17(8-6-16)23(30)27-26-22-20-13-18(29(32)33)9-12-21(20)25-24(22)31/h3-13,25,31H,14H2,1-2H3. The van der Waals surface area contributed by atoms with Gasteiger partial charge in [0.2, 0.25) is 15.9 Å². The van der Waals surface area contributed by atoms with Crippen LogP contribution in [0.4, 0.5) is 11.4 Å². The lowest BCUT2D eigenvalue weighted by Gasteiger charge is -2.17. The summed E-state index contributed by atoms with van der Waals surface area (Å²) in [7, 11) is -2.21. The number of nitrogens with one attached hydrogen (secondary N) is 1. The number of aromatic nitrogens is 1. The molecule has 0 spiro atoms. The van der Waals surface area contributed by atoms with E-state index in [2.05, 4.69) is 15.2 Å². The van der Waals surface area contributed by atoms with Crippen molar-refractivity contribution in [2.24, 2.45) is 10.2 Å². The van der Waals surface area contributed by atoms with Gasteiger partial charge < -0.3 is 10.1 Å². The van der Waals surface area contributed by atoms with Gasteiger partial charge in [-0.1, -0.05) is 29.8 Å². The number of nitrogens with zero attached hydrogens (tertiary/aromatic N) is 4. The summed E-state index contributed by atoms with van der Waals surface area (Å²) in [5, 5.41) is 28.8. The first kappa shape index (κ1) is 24.7. The third-order valence-electron chi connectivity index (χ3n) is 5.52. The number of aromatic hydroxyl groups is 1. The van der Waals surface area contributed by atoms with Crippen LogP contribution in [0, 0.1) is 17.0 Å². The van der Waals surface area contributed by atoms with Crippen LogP contribution in [-0.2, 0) is 16.6 Å². The number of carbonyl (C=O) groups excluding carboxylic acids is 1. The van der Waals surface area contributed by atoms with Crippen molar-refractivity contribution in [3.8, 4) is 5.88 Å². The molecule has 1 heterocycles. The number of benzene rings is 3. The van der Waals surface area contributed by atoms with Crippen molar-refractivity contribution in [2.75, 3.05) is 7.05 Å². The predicted octanol–water partition coefficient (Wildman–Crippen LogP) is 4.83. The highest BCUT2D eigenvalue weighted by molar-refractivity contribution is 7.89. The lowest BCUT2D eigenvalue weighted by molar-refractivity contribution is -0.384.